The summed E-state index contributed by atoms with van der Waals surface area (Å²) in [4.78, 5) is 10.6. The summed E-state index contributed by atoms with van der Waals surface area (Å²) in [5.74, 6) is -1.09. The number of anilines is 1. The highest BCUT2D eigenvalue weighted by Gasteiger charge is 2.11. The van der Waals surface area contributed by atoms with Gasteiger partial charge in [-0.15, -0.1) is 0 Å². The van der Waals surface area contributed by atoms with Gasteiger partial charge in [0.1, 0.15) is 0 Å². The highest BCUT2D eigenvalue weighted by Crippen LogP contribution is 2.27. The van der Waals surface area contributed by atoms with Gasteiger partial charge in [0.05, 0.1) is 11.3 Å². The Morgan fingerprint density at radius 3 is 2.67 bits per heavy atom. The molecule has 5 heteroatoms. The first-order valence-electron chi connectivity index (χ1n) is 3.00. The van der Waals surface area contributed by atoms with E-state index in [2.05, 4.69) is 15.9 Å². The van der Waals surface area contributed by atoms with E-state index < -0.39 is 5.97 Å². The Hall–Kier alpha value is -0.740. The summed E-state index contributed by atoms with van der Waals surface area (Å²) >= 11 is 8.71. The van der Waals surface area contributed by atoms with Gasteiger partial charge in [0.15, 0.2) is 0 Å². The molecule has 0 radical (unpaired) electrons. The largest absolute Gasteiger partial charge is 0.478 e. The van der Waals surface area contributed by atoms with Crippen molar-refractivity contribution in [2.24, 2.45) is 0 Å². The topological polar surface area (TPSA) is 63.3 Å². The zero-order valence-electron chi connectivity index (χ0n) is 5.84. The van der Waals surface area contributed by atoms with Crippen molar-refractivity contribution in [2.75, 3.05) is 5.73 Å². The Labute approximate surface area is 82.3 Å². The summed E-state index contributed by atoms with van der Waals surface area (Å²) in [6.45, 7) is 0. The molecule has 0 heterocycles. The van der Waals surface area contributed by atoms with Gasteiger partial charge in [-0.2, -0.15) is 0 Å². The molecule has 0 saturated heterocycles. The summed E-state index contributed by atoms with van der Waals surface area (Å²) in [6, 6.07) is 2.85. The van der Waals surface area contributed by atoms with Crippen molar-refractivity contribution < 1.29 is 9.90 Å². The number of carboxylic acid groups (broad SMARTS) is 1. The molecular formula is C7H5BrClNO2. The first-order chi connectivity index (χ1) is 5.52. The molecule has 0 aliphatic heterocycles. The number of benzene rings is 1. The Morgan fingerprint density at radius 2 is 2.17 bits per heavy atom. The number of hydrogen-bond donors (Lipinski definition) is 2. The third kappa shape index (κ3) is 1.70. The molecule has 12 heavy (non-hydrogen) atoms. The summed E-state index contributed by atoms with van der Waals surface area (Å²) < 4.78 is 0.493. The number of nitrogens with two attached hydrogens (primary N) is 1. The molecule has 1 aromatic rings. The van der Waals surface area contributed by atoms with Gasteiger partial charge in [-0.05, 0) is 28.1 Å². The standard InChI is InChI=1S/C7H5BrClNO2/c8-5-2-3(9)1-4(6(5)10)7(11)12/h1-2H,10H2,(H,11,12). The zero-order chi connectivity index (χ0) is 9.30. The fourth-order valence-corrected chi connectivity index (χ4v) is 1.57. The second kappa shape index (κ2) is 3.33. The maximum atomic E-state index is 10.6. The number of hydrogen-bond acceptors (Lipinski definition) is 2. The van der Waals surface area contributed by atoms with Crippen LogP contribution in [0.1, 0.15) is 10.4 Å². The van der Waals surface area contributed by atoms with Crippen LogP contribution in [0.4, 0.5) is 5.69 Å². The third-order valence-corrected chi connectivity index (χ3v) is 2.20. The van der Waals surface area contributed by atoms with Crippen molar-refractivity contribution in [3.63, 3.8) is 0 Å². The Morgan fingerprint density at radius 1 is 1.58 bits per heavy atom. The Kier molecular flexibility index (Phi) is 2.59. The average molecular weight is 250 g/mol. The van der Waals surface area contributed by atoms with Crippen LogP contribution in [-0.4, -0.2) is 11.1 Å². The van der Waals surface area contributed by atoms with E-state index in [4.69, 9.17) is 22.4 Å². The van der Waals surface area contributed by atoms with Crippen LogP contribution in [0.25, 0.3) is 0 Å². The predicted octanol–water partition coefficient (Wildman–Crippen LogP) is 2.38. The zero-order valence-corrected chi connectivity index (χ0v) is 8.19. The third-order valence-electron chi connectivity index (χ3n) is 1.32. The van der Waals surface area contributed by atoms with Gasteiger partial charge in [0.2, 0.25) is 0 Å². The fourth-order valence-electron chi connectivity index (χ4n) is 0.762. The molecule has 1 rings (SSSR count). The maximum Gasteiger partial charge on any atom is 0.337 e. The SMILES string of the molecule is Nc1c(Br)cc(Cl)cc1C(=O)O. The van der Waals surface area contributed by atoms with E-state index in [1.54, 1.807) is 6.07 Å². The fraction of sp³-hybridized carbons (Fsp3) is 0. The Balaban J connectivity index is 3.37. The quantitative estimate of drug-likeness (QED) is 0.752. The van der Waals surface area contributed by atoms with Crippen molar-refractivity contribution in [2.45, 2.75) is 0 Å². The lowest BCUT2D eigenvalue weighted by Gasteiger charge is -2.03. The molecule has 0 aliphatic carbocycles. The van der Waals surface area contributed by atoms with Gasteiger partial charge in [-0.1, -0.05) is 11.6 Å². The second-order valence-corrected chi connectivity index (χ2v) is 3.44. The van der Waals surface area contributed by atoms with E-state index in [0.717, 1.165) is 0 Å². The van der Waals surface area contributed by atoms with Gasteiger partial charge < -0.3 is 10.8 Å². The average Bonchev–Trinajstić information content (AvgIpc) is 1.96. The van der Waals surface area contributed by atoms with Gasteiger partial charge in [-0.3, -0.25) is 0 Å². The number of aromatic carboxylic acids is 1. The second-order valence-electron chi connectivity index (χ2n) is 2.15. The lowest BCUT2D eigenvalue weighted by atomic mass is 10.2. The van der Waals surface area contributed by atoms with Gasteiger partial charge in [0, 0.05) is 9.50 Å². The molecule has 0 atom stereocenters. The number of carbonyl (C=O) groups is 1. The van der Waals surface area contributed by atoms with Crippen LogP contribution in [0.5, 0.6) is 0 Å². The lowest BCUT2D eigenvalue weighted by Crippen LogP contribution is -2.02. The molecule has 0 spiro atoms. The smallest absolute Gasteiger partial charge is 0.337 e. The van der Waals surface area contributed by atoms with E-state index >= 15 is 0 Å². The molecule has 1 aromatic carbocycles. The minimum atomic E-state index is -1.09. The molecule has 0 aromatic heterocycles. The predicted molar refractivity (Wildman–Crippen MR) is 50.5 cm³/mol. The molecule has 0 amide bonds. The van der Waals surface area contributed by atoms with Crippen LogP contribution in [-0.2, 0) is 0 Å². The molecule has 3 nitrogen and oxygen atoms in total. The van der Waals surface area contributed by atoms with Crippen LogP contribution in [0, 0.1) is 0 Å². The van der Waals surface area contributed by atoms with Gasteiger partial charge in [0.25, 0.3) is 0 Å². The van der Waals surface area contributed by atoms with Gasteiger partial charge >= 0.3 is 5.97 Å². The van der Waals surface area contributed by atoms with Gasteiger partial charge in [-0.25, -0.2) is 4.79 Å². The summed E-state index contributed by atoms with van der Waals surface area (Å²) in [7, 11) is 0. The van der Waals surface area contributed by atoms with Crippen LogP contribution in [0.2, 0.25) is 5.02 Å². The molecule has 0 fully saturated rings. The van der Waals surface area contributed by atoms with E-state index in [1.807, 2.05) is 0 Å². The van der Waals surface area contributed by atoms with Crippen molar-refractivity contribution in [1.82, 2.24) is 0 Å². The molecule has 3 N–H and O–H groups in total. The van der Waals surface area contributed by atoms with Crippen LogP contribution < -0.4 is 5.73 Å². The van der Waals surface area contributed by atoms with Crippen molar-refractivity contribution in [3.8, 4) is 0 Å². The molecule has 0 unspecified atom stereocenters. The molecule has 0 saturated carbocycles. The monoisotopic (exact) mass is 249 g/mol. The summed E-state index contributed by atoms with van der Waals surface area (Å²) in [5, 5.41) is 9.00. The van der Waals surface area contributed by atoms with E-state index in [-0.39, 0.29) is 11.3 Å². The van der Waals surface area contributed by atoms with Crippen molar-refractivity contribution in [3.05, 3.63) is 27.2 Å². The minimum Gasteiger partial charge on any atom is -0.478 e. The van der Waals surface area contributed by atoms with E-state index in [9.17, 15) is 4.79 Å². The number of halogens is 2. The summed E-state index contributed by atoms with van der Waals surface area (Å²) in [5.41, 5.74) is 5.66. The normalized spacial score (nSPS) is 9.83. The molecule has 0 aliphatic rings. The first-order valence-corrected chi connectivity index (χ1v) is 4.17. The van der Waals surface area contributed by atoms with Crippen LogP contribution >= 0.6 is 27.5 Å². The number of carboxylic acids is 1. The molecular weight excluding hydrogens is 245 g/mol. The van der Waals surface area contributed by atoms with Crippen LogP contribution in [0.3, 0.4) is 0 Å². The number of rotatable bonds is 1. The van der Waals surface area contributed by atoms with E-state index in [0.29, 0.717) is 9.50 Å². The highest BCUT2D eigenvalue weighted by molar-refractivity contribution is 9.10. The minimum absolute atomic E-state index is 0.00868. The molecule has 64 valence electrons. The summed E-state index contributed by atoms with van der Waals surface area (Å²) in [6.07, 6.45) is 0. The molecule has 0 bridgehead atoms. The first kappa shape index (κ1) is 9.35. The Bertz CT molecular complexity index is 340. The maximum absolute atomic E-state index is 10.6. The van der Waals surface area contributed by atoms with Crippen molar-refractivity contribution in [1.29, 1.82) is 0 Å². The lowest BCUT2D eigenvalue weighted by molar-refractivity contribution is 0.0698. The van der Waals surface area contributed by atoms with Crippen LogP contribution in [0.15, 0.2) is 16.6 Å². The number of nitrogen functional groups attached to an aromatic ring is 1. The van der Waals surface area contributed by atoms with E-state index in [1.165, 1.54) is 6.07 Å². The van der Waals surface area contributed by atoms with Crippen molar-refractivity contribution >= 4 is 39.2 Å². The highest BCUT2D eigenvalue weighted by atomic mass is 79.9.